The van der Waals surface area contributed by atoms with Gasteiger partial charge < -0.3 is 15.1 Å². The second-order valence-corrected chi connectivity index (χ2v) is 9.16. The fraction of sp³-hybridized carbons (Fsp3) is 0.565. The number of halogens is 3. The third kappa shape index (κ3) is 4.95. The Balaban J connectivity index is 1.52. The molecule has 0 bridgehead atoms. The van der Waals surface area contributed by atoms with Crippen molar-refractivity contribution in [2.24, 2.45) is 11.8 Å². The first-order valence-corrected chi connectivity index (χ1v) is 10.9. The van der Waals surface area contributed by atoms with Gasteiger partial charge in [0.15, 0.2) is 0 Å². The number of carbonyl (C=O) groups is 1. The number of anilines is 1. The highest BCUT2D eigenvalue weighted by Gasteiger charge is 2.35. The van der Waals surface area contributed by atoms with Crippen LogP contribution < -0.4 is 10.2 Å². The minimum atomic E-state index is -4.45. The van der Waals surface area contributed by atoms with Gasteiger partial charge in [-0.3, -0.25) is 9.78 Å². The Morgan fingerprint density at radius 1 is 1.23 bits per heavy atom. The number of nitrogens with one attached hydrogen (secondary N) is 1. The predicted octanol–water partition coefficient (Wildman–Crippen LogP) is 3.93. The van der Waals surface area contributed by atoms with E-state index in [1.807, 2.05) is 0 Å². The molecule has 2 saturated heterocycles. The molecule has 1 aromatic heterocycles. The molecule has 2 aromatic rings. The van der Waals surface area contributed by atoms with E-state index >= 15 is 0 Å². The molecular weight excluding hydrogens is 405 g/mol. The van der Waals surface area contributed by atoms with Gasteiger partial charge in [0.25, 0.3) is 0 Å². The SMILES string of the molecule is CC1CC(NC(=O)CC2CCN(C)C2)CN(c2ccc(C(F)(F)F)c3ncccc23)C1. The van der Waals surface area contributed by atoms with Gasteiger partial charge in [0, 0.05) is 49.4 Å². The zero-order valence-corrected chi connectivity index (χ0v) is 18.0. The molecule has 0 spiro atoms. The predicted molar refractivity (Wildman–Crippen MR) is 115 cm³/mol. The number of aromatic nitrogens is 1. The van der Waals surface area contributed by atoms with E-state index in [2.05, 4.69) is 34.1 Å². The largest absolute Gasteiger partial charge is 0.418 e. The highest BCUT2D eigenvalue weighted by molar-refractivity contribution is 5.94. The number of hydrogen-bond acceptors (Lipinski definition) is 4. The number of piperidine rings is 1. The Hall–Kier alpha value is -2.35. The van der Waals surface area contributed by atoms with Crippen molar-refractivity contribution in [2.45, 2.75) is 38.4 Å². The minimum Gasteiger partial charge on any atom is -0.369 e. The average molecular weight is 435 g/mol. The number of alkyl halides is 3. The lowest BCUT2D eigenvalue weighted by Gasteiger charge is -2.39. The molecule has 1 aromatic carbocycles. The maximum Gasteiger partial charge on any atom is 0.418 e. The van der Waals surface area contributed by atoms with Crippen LogP contribution in [0.1, 0.15) is 31.7 Å². The van der Waals surface area contributed by atoms with Gasteiger partial charge in [-0.05, 0) is 62.5 Å². The van der Waals surface area contributed by atoms with E-state index in [1.54, 1.807) is 12.1 Å². The van der Waals surface area contributed by atoms with Crippen LogP contribution in [0.4, 0.5) is 18.9 Å². The number of nitrogens with zero attached hydrogens (tertiary/aromatic N) is 3. The molecular formula is C23H29F3N4O. The van der Waals surface area contributed by atoms with E-state index in [9.17, 15) is 18.0 Å². The van der Waals surface area contributed by atoms with Crippen LogP contribution in [0.15, 0.2) is 30.5 Å². The minimum absolute atomic E-state index is 0.0237. The van der Waals surface area contributed by atoms with Crippen molar-refractivity contribution in [1.82, 2.24) is 15.2 Å². The molecule has 0 saturated carbocycles. The fourth-order valence-electron chi connectivity index (χ4n) is 5.06. The number of carbonyl (C=O) groups excluding carboxylic acids is 1. The van der Waals surface area contributed by atoms with E-state index < -0.39 is 11.7 Å². The van der Waals surface area contributed by atoms with Crippen LogP contribution in [0, 0.1) is 11.8 Å². The van der Waals surface area contributed by atoms with Crippen LogP contribution in [-0.4, -0.2) is 55.1 Å². The summed E-state index contributed by atoms with van der Waals surface area (Å²) in [5, 5.41) is 3.67. The molecule has 3 heterocycles. The molecule has 31 heavy (non-hydrogen) atoms. The zero-order valence-electron chi connectivity index (χ0n) is 18.0. The van der Waals surface area contributed by atoms with Crippen molar-refractivity contribution in [3.8, 4) is 0 Å². The first-order valence-electron chi connectivity index (χ1n) is 10.9. The van der Waals surface area contributed by atoms with Gasteiger partial charge in [0.05, 0.1) is 11.1 Å². The molecule has 8 heteroatoms. The molecule has 3 atom stereocenters. The van der Waals surface area contributed by atoms with Crippen LogP contribution in [0.2, 0.25) is 0 Å². The topological polar surface area (TPSA) is 48.5 Å². The normalized spacial score (nSPS) is 25.2. The molecule has 2 aliphatic heterocycles. The maximum absolute atomic E-state index is 13.4. The van der Waals surface area contributed by atoms with Crippen LogP contribution in [0.5, 0.6) is 0 Å². The highest BCUT2D eigenvalue weighted by Crippen LogP contribution is 2.38. The number of benzene rings is 1. The monoisotopic (exact) mass is 434 g/mol. The van der Waals surface area contributed by atoms with E-state index in [1.165, 1.54) is 12.3 Å². The summed E-state index contributed by atoms with van der Waals surface area (Å²) in [6.07, 6.45) is -0.623. The summed E-state index contributed by atoms with van der Waals surface area (Å²) >= 11 is 0. The van der Waals surface area contributed by atoms with Crippen molar-refractivity contribution >= 4 is 22.5 Å². The zero-order chi connectivity index (χ0) is 22.2. The summed E-state index contributed by atoms with van der Waals surface area (Å²) in [6, 6.07) is 5.99. The van der Waals surface area contributed by atoms with Gasteiger partial charge in [0.2, 0.25) is 5.91 Å². The lowest BCUT2D eigenvalue weighted by molar-refractivity contribution is -0.136. The quantitative estimate of drug-likeness (QED) is 0.792. The smallest absolute Gasteiger partial charge is 0.369 e. The maximum atomic E-state index is 13.4. The van der Waals surface area contributed by atoms with Gasteiger partial charge in [-0.2, -0.15) is 13.2 Å². The summed E-state index contributed by atoms with van der Waals surface area (Å²) in [6.45, 7) is 5.40. The van der Waals surface area contributed by atoms with E-state index in [4.69, 9.17) is 0 Å². The molecule has 0 radical (unpaired) electrons. The van der Waals surface area contributed by atoms with Crippen LogP contribution >= 0.6 is 0 Å². The number of rotatable bonds is 4. The molecule has 4 rings (SSSR count). The van der Waals surface area contributed by atoms with E-state index in [-0.39, 0.29) is 17.5 Å². The van der Waals surface area contributed by atoms with Gasteiger partial charge in [-0.25, -0.2) is 0 Å². The van der Waals surface area contributed by atoms with Crippen LogP contribution in [0.3, 0.4) is 0 Å². The molecule has 5 nitrogen and oxygen atoms in total. The van der Waals surface area contributed by atoms with Gasteiger partial charge in [0.1, 0.15) is 0 Å². The Kier molecular flexibility index (Phi) is 6.10. The van der Waals surface area contributed by atoms with E-state index in [0.717, 1.165) is 44.2 Å². The molecule has 1 N–H and O–H groups in total. The third-order valence-corrected chi connectivity index (χ3v) is 6.38. The lowest BCUT2D eigenvalue weighted by atomic mass is 9.94. The Bertz CT molecular complexity index is 948. The third-order valence-electron chi connectivity index (χ3n) is 6.38. The van der Waals surface area contributed by atoms with Crippen molar-refractivity contribution < 1.29 is 18.0 Å². The van der Waals surface area contributed by atoms with Gasteiger partial charge in [-0.15, -0.1) is 0 Å². The van der Waals surface area contributed by atoms with Crippen LogP contribution in [-0.2, 0) is 11.0 Å². The standard InChI is InChI=1S/C23H29F3N4O/c1-15-10-17(28-21(31)11-16-7-9-29(2)13-16)14-30(12-15)20-6-5-19(23(24,25)26)22-18(20)4-3-8-27-22/h3-6,8,15-17H,7,9-14H2,1-2H3,(H,28,31). The number of amides is 1. The molecule has 2 aliphatic rings. The summed E-state index contributed by atoms with van der Waals surface area (Å²) in [5.74, 6) is 0.774. The van der Waals surface area contributed by atoms with Crippen LogP contribution in [0.25, 0.3) is 10.9 Å². The van der Waals surface area contributed by atoms with Gasteiger partial charge >= 0.3 is 6.18 Å². The Morgan fingerprint density at radius 3 is 2.74 bits per heavy atom. The van der Waals surface area contributed by atoms with Crippen molar-refractivity contribution in [3.05, 3.63) is 36.0 Å². The molecule has 1 amide bonds. The first-order chi connectivity index (χ1) is 14.7. The Labute approximate surface area is 180 Å². The average Bonchev–Trinajstić information content (AvgIpc) is 3.10. The molecule has 2 fully saturated rings. The van der Waals surface area contributed by atoms with E-state index in [0.29, 0.717) is 30.2 Å². The molecule has 0 aliphatic carbocycles. The fourth-order valence-corrected chi connectivity index (χ4v) is 5.06. The summed E-state index contributed by atoms with van der Waals surface area (Å²) in [4.78, 5) is 21.0. The van der Waals surface area contributed by atoms with Crippen molar-refractivity contribution in [2.75, 3.05) is 38.1 Å². The second kappa shape index (κ2) is 8.65. The molecule has 168 valence electrons. The summed E-state index contributed by atoms with van der Waals surface area (Å²) < 4.78 is 40.3. The molecule has 3 unspecified atom stereocenters. The number of hydrogen-bond donors (Lipinski definition) is 1. The van der Waals surface area contributed by atoms with Gasteiger partial charge in [-0.1, -0.05) is 6.92 Å². The number of fused-ring (bicyclic) bond motifs is 1. The first kappa shape index (κ1) is 21.9. The second-order valence-electron chi connectivity index (χ2n) is 9.16. The van der Waals surface area contributed by atoms with Crippen molar-refractivity contribution in [3.63, 3.8) is 0 Å². The Morgan fingerprint density at radius 2 is 2.03 bits per heavy atom. The lowest BCUT2D eigenvalue weighted by Crippen LogP contribution is -2.50. The summed E-state index contributed by atoms with van der Waals surface area (Å²) in [7, 11) is 2.07. The number of pyridine rings is 1. The summed E-state index contributed by atoms with van der Waals surface area (Å²) in [5.41, 5.74) is -0.0146. The number of likely N-dealkylation sites (tertiary alicyclic amines) is 1. The van der Waals surface area contributed by atoms with Crippen molar-refractivity contribution in [1.29, 1.82) is 0 Å². The highest BCUT2D eigenvalue weighted by atomic mass is 19.4.